The minimum atomic E-state index is -3.82. The summed E-state index contributed by atoms with van der Waals surface area (Å²) in [4.78, 5) is 15.3. The summed E-state index contributed by atoms with van der Waals surface area (Å²) in [5.41, 5.74) is -0.213. The number of aromatic nitrogens is 1. The minimum Gasteiger partial charge on any atom is -0.507 e. The Morgan fingerprint density at radius 1 is 1.48 bits per heavy atom. The Bertz CT molecular complexity index is 741. The molecule has 0 aliphatic rings. The summed E-state index contributed by atoms with van der Waals surface area (Å²) >= 11 is 1.32. The molecule has 0 bridgehead atoms. The number of nitrogens with zero attached hydrogens (tertiary/aromatic N) is 1. The molecule has 0 unspecified atom stereocenters. The molecule has 0 amide bonds. The number of ether oxygens (including phenoxy) is 1. The fraction of sp³-hybridized carbons (Fsp3) is 0.167. The second-order valence-electron chi connectivity index (χ2n) is 3.92. The van der Waals surface area contributed by atoms with Crippen molar-refractivity contribution in [2.45, 2.75) is 11.4 Å². The summed E-state index contributed by atoms with van der Waals surface area (Å²) in [5.74, 6) is -1.16. The van der Waals surface area contributed by atoms with Crippen LogP contribution in [0, 0.1) is 0 Å². The van der Waals surface area contributed by atoms with Crippen molar-refractivity contribution in [2.24, 2.45) is 0 Å². The monoisotopic (exact) mass is 328 g/mol. The van der Waals surface area contributed by atoms with Gasteiger partial charge in [-0.25, -0.2) is 22.9 Å². The van der Waals surface area contributed by atoms with Gasteiger partial charge in [0.15, 0.2) is 0 Å². The van der Waals surface area contributed by atoms with Crippen molar-refractivity contribution >= 4 is 27.3 Å². The van der Waals surface area contributed by atoms with Gasteiger partial charge in [0.05, 0.1) is 18.6 Å². The van der Waals surface area contributed by atoms with E-state index in [4.69, 9.17) is 0 Å². The maximum atomic E-state index is 12.1. The van der Waals surface area contributed by atoms with Gasteiger partial charge < -0.3 is 9.84 Å². The lowest BCUT2D eigenvalue weighted by molar-refractivity contribution is 0.0597. The molecule has 1 aromatic heterocycles. The molecule has 2 aromatic rings. The molecule has 2 N–H and O–H groups in total. The fourth-order valence-electron chi connectivity index (χ4n) is 1.54. The molecule has 0 saturated heterocycles. The summed E-state index contributed by atoms with van der Waals surface area (Å²) in [6, 6.07) is 3.39. The van der Waals surface area contributed by atoms with E-state index in [1.165, 1.54) is 17.4 Å². The van der Waals surface area contributed by atoms with Gasteiger partial charge in [0, 0.05) is 11.6 Å². The van der Waals surface area contributed by atoms with Gasteiger partial charge >= 0.3 is 5.97 Å². The maximum absolute atomic E-state index is 12.1. The van der Waals surface area contributed by atoms with Gasteiger partial charge in [0.25, 0.3) is 0 Å². The summed E-state index contributed by atoms with van der Waals surface area (Å²) < 4.78 is 31.1. The minimum absolute atomic E-state index is 0.0500. The van der Waals surface area contributed by atoms with E-state index in [9.17, 15) is 18.3 Å². The van der Waals surface area contributed by atoms with Crippen LogP contribution < -0.4 is 4.72 Å². The zero-order chi connectivity index (χ0) is 15.5. The number of aromatic hydroxyl groups is 1. The van der Waals surface area contributed by atoms with Crippen molar-refractivity contribution in [3.63, 3.8) is 0 Å². The number of benzene rings is 1. The van der Waals surface area contributed by atoms with Crippen molar-refractivity contribution in [1.82, 2.24) is 9.71 Å². The highest BCUT2D eigenvalue weighted by atomic mass is 32.2. The number of hydrogen-bond donors (Lipinski definition) is 2. The summed E-state index contributed by atoms with van der Waals surface area (Å²) in [6.07, 6.45) is 1.57. The van der Waals surface area contributed by atoms with Crippen molar-refractivity contribution in [3.8, 4) is 5.75 Å². The number of carbonyl (C=O) groups excluding carboxylic acids is 1. The number of phenolic OH excluding ortho intramolecular Hbond substituents is 1. The number of carbonyl (C=O) groups is 1. The van der Waals surface area contributed by atoms with Gasteiger partial charge in [0.2, 0.25) is 10.0 Å². The second-order valence-corrected chi connectivity index (χ2v) is 6.67. The SMILES string of the molecule is COC(=O)c1cc(S(=O)(=O)NCc2nccs2)ccc1O. The molecule has 2 rings (SSSR count). The molecule has 21 heavy (non-hydrogen) atoms. The summed E-state index contributed by atoms with van der Waals surface area (Å²) in [7, 11) is -2.68. The van der Waals surface area contributed by atoms with Crippen molar-refractivity contribution in [2.75, 3.05) is 7.11 Å². The van der Waals surface area contributed by atoms with Crippen molar-refractivity contribution < 1.29 is 23.1 Å². The maximum Gasteiger partial charge on any atom is 0.341 e. The number of nitrogens with one attached hydrogen (secondary N) is 1. The van der Waals surface area contributed by atoms with Crippen LogP contribution in [0.2, 0.25) is 0 Å². The van der Waals surface area contributed by atoms with Crippen LogP contribution in [0.4, 0.5) is 0 Å². The molecule has 112 valence electrons. The van der Waals surface area contributed by atoms with Crippen molar-refractivity contribution in [3.05, 3.63) is 40.3 Å². The van der Waals surface area contributed by atoms with Crippen LogP contribution in [0.3, 0.4) is 0 Å². The number of sulfonamides is 1. The first-order valence-electron chi connectivity index (χ1n) is 5.73. The summed E-state index contributed by atoms with van der Waals surface area (Å²) in [5, 5.41) is 11.9. The predicted molar refractivity (Wildman–Crippen MR) is 75.6 cm³/mol. The third-order valence-corrected chi connectivity index (χ3v) is 4.76. The highest BCUT2D eigenvalue weighted by Gasteiger charge is 2.19. The Morgan fingerprint density at radius 3 is 2.86 bits per heavy atom. The fourth-order valence-corrected chi connectivity index (χ4v) is 3.20. The van der Waals surface area contributed by atoms with Gasteiger partial charge in [-0.2, -0.15) is 0 Å². The Hall–Kier alpha value is -1.97. The van der Waals surface area contributed by atoms with Gasteiger partial charge in [-0.1, -0.05) is 0 Å². The molecule has 7 nitrogen and oxygen atoms in total. The molecule has 0 aliphatic carbocycles. The first-order chi connectivity index (χ1) is 9.94. The molecule has 0 radical (unpaired) electrons. The van der Waals surface area contributed by atoms with E-state index in [0.29, 0.717) is 5.01 Å². The molecular formula is C12H12N2O5S2. The van der Waals surface area contributed by atoms with Gasteiger partial charge in [0.1, 0.15) is 16.3 Å². The number of thiazole rings is 1. The number of methoxy groups -OCH3 is 1. The average Bonchev–Trinajstić information content (AvgIpc) is 2.98. The van der Waals surface area contributed by atoms with Crippen LogP contribution in [-0.2, 0) is 21.3 Å². The Morgan fingerprint density at radius 2 is 2.24 bits per heavy atom. The molecule has 9 heteroatoms. The average molecular weight is 328 g/mol. The van der Waals surface area contributed by atoms with E-state index in [1.54, 1.807) is 11.6 Å². The normalized spacial score (nSPS) is 11.3. The molecule has 1 aromatic carbocycles. The van der Waals surface area contributed by atoms with Crippen LogP contribution in [0.25, 0.3) is 0 Å². The van der Waals surface area contributed by atoms with E-state index in [-0.39, 0.29) is 22.8 Å². The molecule has 0 atom stereocenters. The first kappa shape index (κ1) is 15.4. The number of hydrogen-bond acceptors (Lipinski definition) is 7. The highest BCUT2D eigenvalue weighted by molar-refractivity contribution is 7.89. The first-order valence-corrected chi connectivity index (χ1v) is 8.09. The Labute approximate surface area is 125 Å². The van der Waals surface area contributed by atoms with E-state index in [0.717, 1.165) is 19.2 Å². The van der Waals surface area contributed by atoms with Crippen LogP contribution in [0.1, 0.15) is 15.4 Å². The second kappa shape index (κ2) is 6.20. The number of rotatable bonds is 5. The summed E-state index contributed by atoms with van der Waals surface area (Å²) in [6.45, 7) is 0.0500. The molecule has 0 aliphatic heterocycles. The van der Waals surface area contributed by atoms with Crippen LogP contribution in [0.5, 0.6) is 5.75 Å². The molecule has 0 saturated carbocycles. The predicted octanol–water partition coefficient (Wildman–Crippen LogP) is 1.11. The molecule has 0 spiro atoms. The lowest BCUT2D eigenvalue weighted by Gasteiger charge is -2.08. The van der Waals surface area contributed by atoms with Crippen LogP contribution >= 0.6 is 11.3 Å². The van der Waals surface area contributed by atoms with Gasteiger partial charge in [-0.3, -0.25) is 0 Å². The Kier molecular flexibility index (Phi) is 4.56. The highest BCUT2D eigenvalue weighted by Crippen LogP contribution is 2.22. The number of esters is 1. The quantitative estimate of drug-likeness (QED) is 0.797. The van der Waals surface area contributed by atoms with E-state index < -0.39 is 16.0 Å². The third kappa shape index (κ3) is 3.57. The van der Waals surface area contributed by atoms with Crippen LogP contribution in [-0.4, -0.2) is 31.6 Å². The molecular weight excluding hydrogens is 316 g/mol. The van der Waals surface area contributed by atoms with Crippen LogP contribution in [0.15, 0.2) is 34.7 Å². The third-order valence-electron chi connectivity index (χ3n) is 2.58. The molecule has 1 heterocycles. The van der Waals surface area contributed by atoms with E-state index >= 15 is 0 Å². The number of phenols is 1. The zero-order valence-electron chi connectivity index (χ0n) is 10.9. The standard InChI is InChI=1S/C12H12N2O5S2/c1-19-12(16)9-6-8(2-3-10(9)15)21(17,18)14-7-11-13-4-5-20-11/h2-6,14-15H,7H2,1H3. The van der Waals surface area contributed by atoms with Crippen molar-refractivity contribution in [1.29, 1.82) is 0 Å². The Balaban J connectivity index is 2.25. The zero-order valence-corrected chi connectivity index (χ0v) is 12.6. The van der Waals surface area contributed by atoms with E-state index in [2.05, 4.69) is 14.4 Å². The van der Waals surface area contributed by atoms with Gasteiger partial charge in [-0.15, -0.1) is 11.3 Å². The lowest BCUT2D eigenvalue weighted by Crippen LogP contribution is -2.23. The molecule has 0 fully saturated rings. The largest absolute Gasteiger partial charge is 0.507 e. The topological polar surface area (TPSA) is 106 Å². The van der Waals surface area contributed by atoms with E-state index in [1.807, 2.05) is 0 Å². The van der Waals surface area contributed by atoms with Gasteiger partial charge in [-0.05, 0) is 18.2 Å². The lowest BCUT2D eigenvalue weighted by atomic mass is 10.2. The smallest absolute Gasteiger partial charge is 0.341 e.